The first-order valence-corrected chi connectivity index (χ1v) is 6.92. The summed E-state index contributed by atoms with van der Waals surface area (Å²) in [5.41, 5.74) is 4.52. The number of para-hydroxylation sites is 1. The van der Waals surface area contributed by atoms with Gasteiger partial charge in [0.25, 0.3) is 0 Å². The number of hydrogen-bond acceptors (Lipinski definition) is 2. The molecule has 2 aromatic carbocycles. The minimum Gasteiger partial charge on any atom is -0.392 e. The van der Waals surface area contributed by atoms with Crippen molar-refractivity contribution >= 4 is 23.0 Å². The third-order valence-electron chi connectivity index (χ3n) is 3.62. The molecule has 1 aliphatic rings. The molecule has 3 rings (SSSR count). The van der Waals surface area contributed by atoms with Crippen LogP contribution in [-0.2, 0) is 13.0 Å². The van der Waals surface area contributed by atoms with Gasteiger partial charge in [0.15, 0.2) is 0 Å². The van der Waals surface area contributed by atoms with Crippen LogP contribution in [0.25, 0.3) is 0 Å². The molecule has 0 atom stereocenters. The summed E-state index contributed by atoms with van der Waals surface area (Å²) >= 11 is 6.11. The van der Waals surface area contributed by atoms with E-state index in [1.807, 2.05) is 18.2 Å². The van der Waals surface area contributed by atoms with Crippen molar-refractivity contribution in [2.75, 3.05) is 11.4 Å². The Morgan fingerprint density at radius 3 is 2.79 bits per heavy atom. The van der Waals surface area contributed by atoms with E-state index in [0.717, 1.165) is 30.6 Å². The van der Waals surface area contributed by atoms with Crippen LogP contribution in [-0.4, -0.2) is 11.7 Å². The molecule has 1 heterocycles. The lowest BCUT2D eigenvalue weighted by Gasteiger charge is -2.32. The Morgan fingerprint density at radius 2 is 1.95 bits per heavy atom. The predicted molar refractivity (Wildman–Crippen MR) is 79.1 cm³/mol. The van der Waals surface area contributed by atoms with Crippen LogP contribution >= 0.6 is 11.6 Å². The number of hydrogen-bond donors (Lipinski definition) is 1. The minimum atomic E-state index is 0.0329. The van der Waals surface area contributed by atoms with Gasteiger partial charge >= 0.3 is 0 Å². The second kappa shape index (κ2) is 5.24. The highest BCUT2D eigenvalue weighted by molar-refractivity contribution is 6.30. The highest BCUT2D eigenvalue weighted by Gasteiger charge is 2.19. The minimum absolute atomic E-state index is 0.0329. The average Bonchev–Trinajstić information content (AvgIpc) is 2.46. The summed E-state index contributed by atoms with van der Waals surface area (Å²) in [6, 6.07) is 14.1. The highest BCUT2D eigenvalue weighted by atomic mass is 35.5. The van der Waals surface area contributed by atoms with E-state index in [4.69, 9.17) is 11.6 Å². The molecule has 1 aliphatic heterocycles. The molecule has 2 aromatic rings. The van der Waals surface area contributed by atoms with Gasteiger partial charge in [-0.2, -0.15) is 0 Å². The number of anilines is 2. The van der Waals surface area contributed by atoms with Gasteiger partial charge in [0, 0.05) is 28.5 Å². The summed E-state index contributed by atoms with van der Waals surface area (Å²) in [5.74, 6) is 0. The fraction of sp³-hybridized carbons (Fsp3) is 0.250. The first-order chi connectivity index (χ1) is 9.29. The van der Waals surface area contributed by atoms with Crippen LogP contribution in [0.2, 0.25) is 5.02 Å². The molecule has 0 amide bonds. The van der Waals surface area contributed by atoms with Gasteiger partial charge in [-0.25, -0.2) is 0 Å². The van der Waals surface area contributed by atoms with Crippen LogP contribution in [0.5, 0.6) is 0 Å². The Hall–Kier alpha value is -1.51. The maximum atomic E-state index is 9.52. The van der Waals surface area contributed by atoms with E-state index in [0.29, 0.717) is 5.02 Å². The Kier molecular flexibility index (Phi) is 3.45. The van der Waals surface area contributed by atoms with Crippen molar-refractivity contribution in [2.45, 2.75) is 19.4 Å². The van der Waals surface area contributed by atoms with E-state index in [9.17, 15) is 5.11 Å². The molecule has 0 fully saturated rings. The summed E-state index contributed by atoms with van der Waals surface area (Å²) in [6.45, 7) is 0.996. The Bertz CT molecular complexity index is 597. The quantitative estimate of drug-likeness (QED) is 0.897. The molecule has 0 saturated carbocycles. The molecule has 0 unspecified atom stereocenters. The fourth-order valence-corrected chi connectivity index (χ4v) is 2.87. The Labute approximate surface area is 118 Å². The molecule has 0 aliphatic carbocycles. The van der Waals surface area contributed by atoms with Gasteiger partial charge in [-0.15, -0.1) is 0 Å². The average molecular weight is 274 g/mol. The van der Waals surface area contributed by atoms with Crippen LogP contribution in [0.3, 0.4) is 0 Å². The van der Waals surface area contributed by atoms with Crippen molar-refractivity contribution in [1.29, 1.82) is 0 Å². The third kappa shape index (κ3) is 2.34. The van der Waals surface area contributed by atoms with Crippen LogP contribution < -0.4 is 4.90 Å². The SMILES string of the molecule is OCc1ccc(Cl)cc1N1CCCc2ccccc21. The number of rotatable bonds is 2. The number of aliphatic hydroxyl groups is 1. The lowest BCUT2D eigenvalue weighted by molar-refractivity contribution is 0.282. The number of aryl methyl sites for hydroxylation is 1. The van der Waals surface area contributed by atoms with E-state index < -0.39 is 0 Å². The Morgan fingerprint density at radius 1 is 1.11 bits per heavy atom. The smallest absolute Gasteiger partial charge is 0.0702 e. The van der Waals surface area contributed by atoms with Gasteiger partial charge in [-0.3, -0.25) is 0 Å². The molecular weight excluding hydrogens is 258 g/mol. The largest absolute Gasteiger partial charge is 0.392 e. The van der Waals surface area contributed by atoms with E-state index in [1.165, 1.54) is 11.3 Å². The molecular formula is C16H16ClNO. The molecule has 3 heteroatoms. The predicted octanol–water partition coefficient (Wildman–Crippen LogP) is 3.92. The summed E-state index contributed by atoms with van der Waals surface area (Å²) in [4.78, 5) is 2.26. The van der Waals surface area contributed by atoms with Crippen molar-refractivity contribution in [2.24, 2.45) is 0 Å². The lowest BCUT2D eigenvalue weighted by Crippen LogP contribution is -2.25. The van der Waals surface area contributed by atoms with Gasteiger partial charge in [0.1, 0.15) is 0 Å². The number of nitrogens with zero attached hydrogens (tertiary/aromatic N) is 1. The van der Waals surface area contributed by atoms with Crippen molar-refractivity contribution < 1.29 is 5.11 Å². The summed E-state index contributed by atoms with van der Waals surface area (Å²) < 4.78 is 0. The molecule has 1 N–H and O–H groups in total. The number of fused-ring (bicyclic) bond motifs is 1. The van der Waals surface area contributed by atoms with Crippen molar-refractivity contribution in [3.63, 3.8) is 0 Å². The number of aliphatic hydroxyl groups excluding tert-OH is 1. The fourth-order valence-electron chi connectivity index (χ4n) is 2.71. The second-order valence-corrected chi connectivity index (χ2v) is 5.25. The van der Waals surface area contributed by atoms with Crippen molar-refractivity contribution in [3.05, 3.63) is 58.6 Å². The zero-order chi connectivity index (χ0) is 13.2. The normalized spacial score (nSPS) is 14.3. The molecule has 98 valence electrons. The lowest BCUT2D eigenvalue weighted by atomic mass is 10.00. The van der Waals surface area contributed by atoms with E-state index in [1.54, 1.807) is 0 Å². The third-order valence-corrected chi connectivity index (χ3v) is 3.85. The maximum absolute atomic E-state index is 9.52. The topological polar surface area (TPSA) is 23.5 Å². The van der Waals surface area contributed by atoms with Crippen LogP contribution in [0.1, 0.15) is 17.5 Å². The van der Waals surface area contributed by atoms with Gasteiger partial charge in [0.05, 0.1) is 6.61 Å². The van der Waals surface area contributed by atoms with Gasteiger partial charge in [-0.1, -0.05) is 35.9 Å². The molecule has 0 bridgehead atoms. The van der Waals surface area contributed by atoms with E-state index in [-0.39, 0.29) is 6.61 Å². The molecule has 0 radical (unpaired) electrons. The monoisotopic (exact) mass is 273 g/mol. The van der Waals surface area contributed by atoms with Crippen LogP contribution in [0.4, 0.5) is 11.4 Å². The summed E-state index contributed by atoms with van der Waals surface area (Å²) in [6.07, 6.45) is 2.23. The molecule has 0 spiro atoms. The zero-order valence-corrected chi connectivity index (χ0v) is 11.4. The summed E-state index contributed by atoms with van der Waals surface area (Å²) in [7, 11) is 0. The van der Waals surface area contributed by atoms with E-state index in [2.05, 4.69) is 29.2 Å². The molecule has 0 aromatic heterocycles. The molecule has 0 saturated heterocycles. The number of benzene rings is 2. The number of halogens is 1. The van der Waals surface area contributed by atoms with Crippen molar-refractivity contribution in [3.8, 4) is 0 Å². The van der Waals surface area contributed by atoms with Crippen molar-refractivity contribution in [1.82, 2.24) is 0 Å². The zero-order valence-electron chi connectivity index (χ0n) is 10.6. The van der Waals surface area contributed by atoms with E-state index >= 15 is 0 Å². The molecule has 19 heavy (non-hydrogen) atoms. The van der Waals surface area contributed by atoms with Gasteiger partial charge < -0.3 is 10.0 Å². The first kappa shape index (κ1) is 12.5. The Balaban J connectivity index is 2.11. The van der Waals surface area contributed by atoms with Crippen LogP contribution in [0, 0.1) is 0 Å². The highest BCUT2D eigenvalue weighted by Crippen LogP contribution is 2.36. The first-order valence-electron chi connectivity index (χ1n) is 6.54. The second-order valence-electron chi connectivity index (χ2n) is 4.82. The molecule has 2 nitrogen and oxygen atoms in total. The standard InChI is InChI=1S/C16H16ClNO/c17-14-8-7-13(11-19)16(10-14)18-9-3-5-12-4-1-2-6-15(12)18/h1-2,4,6-8,10,19H,3,5,9,11H2. The summed E-state index contributed by atoms with van der Waals surface area (Å²) in [5, 5.41) is 10.2. The maximum Gasteiger partial charge on any atom is 0.0702 e. The van der Waals surface area contributed by atoms with Gasteiger partial charge in [-0.05, 0) is 36.6 Å². The van der Waals surface area contributed by atoms with Gasteiger partial charge in [0.2, 0.25) is 0 Å². The van der Waals surface area contributed by atoms with Crippen LogP contribution in [0.15, 0.2) is 42.5 Å².